The number of esters is 1. The minimum atomic E-state index is -3.24. The van der Waals surface area contributed by atoms with Crippen LogP contribution in [0.25, 0.3) is 0 Å². The van der Waals surface area contributed by atoms with Gasteiger partial charge in [0.15, 0.2) is 15.8 Å². The molecule has 0 fully saturated rings. The van der Waals surface area contributed by atoms with Crippen molar-refractivity contribution in [1.82, 2.24) is 10.6 Å². The number of aliphatic imine (C=N–C) groups is 1. The summed E-state index contributed by atoms with van der Waals surface area (Å²) in [5.41, 5.74) is 1.99. The van der Waals surface area contributed by atoms with Crippen molar-refractivity contribution >= 4 is 45.7 Å². The molecule has 1 aromatic heterocycles. The maximum absolute atomic E-state index is 11.7. The zero-order chi connectivity index (χ0) is 21.6. The molecule has 2 N–H and O–H groups in total. The van der Waals surface area contributed by atoms with Crippen LogP contribution >= 0.6 is 24.0 Å². The van der Waals surface area contributed by atoms with Crippen molar-refractivity contribution in [3.63, 3.8) is 0 Å². The summed E-state index contributed by atoms with van der Waals surface area (Å²) in [6.07, 6.45) is 1.20. The van der Waals surface area contributed by atoms with Gasteiger partial charge in [0, 0.05) is 12.8 Å². The minimum absolute atomic E-state index is 0. The van der Waals surface area contributed by atoms with E-state index >= 15 is 0 Å². The van der Waals surface area contributed by atoms with E-state index in [1.165, 1.54) is 13.4 Å². The van der Waals surface area contributed by atoms with Gasteiger partial charge in [-0.25, -0.2) is 18.2 Å². The highest BCUT2D eigenvalue weighted by molar-refractivity contribution is 14.0. The average molecular weight is 549 g/mol. The molecular formula is C20H28IN3O5S. The van der Waals surface area contributed by atoms with Gasteiger partial charge in [-0.05, 0) is 44.0 Å². The standard InChI is InChI=1S/C20H27N3O5S.HI/c1-6-21-20(23-12-16-10-17(14(3)28-16)19(24)27-4)22-11-15-7-8-18(13(2)9-15)29(5,25)26;/h7-10H,6,11-12H2,1-5H3,(H2,21,22,23);1H. The van der Waals surface area contributed by atoms with Crippen LogP contribution in [0.1, 0.15) is 39.9 Å². The zero-order valence-electron chi connectivity index (χ0n) is 17.7. The first-order chi connectivity index (χ1) is 13.7. The molecule has 30 heavy (non-hydrogen) atoms. The van der Waals surface area contributed by atoms with Gasteiger partial charge in [0.25, 0.3) is 0 Å². The summed E-state index contributed by atoms with van der Waals surface area (Å²) >= 11 is 0. The first-order valence-corrected chi connectivity index (χ1v) is 11.0. The number of hydrogen-bond acceptors (Lipinski definition) is 6. The van der Waals surface area contributed by atoms with Gasteiger partial charge >= 0.3 is 5.97 Å². The molecule has 0 aliphatic rings. The van der Waals surface area contributed by atoms with Crippen LogP contribution < -0.4 is 10.6 Å². The van der Waals surface area contributed by atoms with E-state index in [2.05, 4.69) is 15.6 Å². The summed E-state index contributed by atoms with van der Waals surface area (Å²) in [6, 6.07) is 6.83. The lowest BCUT2D eigenvalue weighted by Crippen LogP contribution is -2.36. The average Bonchev–Trinajstić information content (AvgIpc) is 3.03. The van der Waals surface area contributed by atoms with E-state index in [4.69, 9.17) is 9.15 Å². The number of nitrogens with one attached hydrogen (secondary N) is 2. The number of hydrogen-bond donors (Lipinski definition) is 2. The van der Waals surface area contributed by atoms with E-state index in [1.807, 2.05) is 13.0 Å². The first-order valence-electron chi connectivity index (χ1n) is 9.15. The van der Waals surface area contributed by atoms with Gasteiger partial charge < -0.3 is 19.8 Å². The number of ether oxygens (including phenoxy) is 1. The quantitative estimate of drug-likeness (QED) is 0.237. The molecule has 0 aliphatic carbocycles. The maximum Gasteiger partial charge on any atom is 0.341 e. The molecule has 0 saturated heterocycles. The highest BCUT2D eigenvalue weighted by atomic mass is 127. The second-order valence-electron chi connectivity index (χ2n) is 6.59. The first kappa shape index (κ1) is 26.0. The van der Waals surface area contributed by atoms with Crippen molar-refractivity contribution in [3.05, 3.63) is 52.5 Å². The van der Waals surface area contributed by atoms with Gasteiger partial charge in [-0.3, -0.25) is 0 Å². The molecule has 0 aliphatic heterocycles. The van der Waals surface area contributed by atoms with E-state index in [1.54, 1.807) is 32.0 Å². The lowest BCUT2D eigenvalue weighted by molar-refractivity contribution is 0.0598. The second kappa shape index (κ2) is 11.3. The number of methoxy groups -OCH3 is 1. The summed E-state index contributed by atoms with van der Waals surface area (Å²) < 4.78 is 33.8. The van der Waals surface area contributed by atoms with Crippen molar-refractivity contribution in [3.8, 4) is 0 Å². The van der Waals surface area contributed by atoms with Gasteiger partial charge in [-0.2, -0.15) is 0 Å². The Labute approximate surface area is 194 Å². The van der Waals surface area contributed by atoms with Gasteiger partial charge in [0.2, 0.25) is 0 Å². The highest BCUT2D eigenvalue weighted by Crippen LogP contribution is 2.17. The number of sulfone groups is 1. The number of aryl methyl sites for hydroxylation is 2. The van der Waals surface area contributed by atoms with Gasteiger partial charge in [-0.15, -0.1) is 24.0 Å². The summed E-state index contributed by atoms with van der Waals surface area (Å²) in [6.45, 7) is 6.82. The smallest absolute Gasteiger partial charge is 0.341 e. The third-order valence-corrected chi connectivity index (χ3v) is 5.46. The minimum Gasteiger partial charge on any atom is -0.465 e. The lowest BCUT2D eigenvalue weighted by atomic mass is 10.1. The maximum atomic E-state index is 11.7. The molecular weight excluding hydrogens is 521 g/mol. The van der Waals surface area contributed by atoms with Crippen LogP contribution in [0.3, 0.4) is 0 Å². The Morgan fingerprint density at radius 2 is 1.90 bits per heavy atom. The van der Waals surface area contributed by atoms with Crippen molar-refractivity contribution < 1.29 is 22.4 Å². The molecule has 8 nitrogen and oxygen atoms in total. The number of carbonyl (C=O) groups is 1. The van der Waals surface area contributed by atoms with Crippen molar-refractivity contribution in [2.45, 2.75) is 38.8 Å². The predicted octanol–water partition coefficient (Wildman–Crippen LogP) is 2.96. The van der Waals surface area contributed by atoms with Crippen LogP contribution in [0.15, 0.2) is 38.6 Å². The van der Waals surface area contributed by atoms with E-state index in [0.717, 1.165) is 5.56 Å². The molecule has 0 amide bonds. The molecule has 0 unspecified atom stereocenters. The van der Waals surface area contributed by atoms with Crippen LogP contribution in [-0.2, 0) is 27.7 Å². The predicted molar refractivity (Wildman–Crippen MR) is 126 cm³/mol. The lowest BCUT2D eigenvalue weighted by Gasteiger charge is -2.11. The number of furan rings is 1. The number of rotatable bonds is 7. The Morgan fingerprint density at radius 3 is 2.47 bits per heavy atom. The van der Waals surface area contributed by atoms with E-state index in [-0.39, 0.29) is 24.0 Å². The van der Waals surface area contributed by atoms with Crippen LogP contribution in [0.5, 0.6) is 0 Å². The fraction of sp³-hybridized carbons (Fsp3) is 0.400. The van der Waals surface area contributed by atoms with Crippen molar-refractivity contribution in [2.24, 2.45) is 4.99 Å². The molecule has 166 valence electrons. The number of nitrogens with zero attached hydrogens (tertiary/aromatic N) is 1. The molecule has 10 heteroatoms. The third kappa shape index (κ3) is 7.01. The van der Waals surface area contributed by atoms with Gasteiger partial charge in [-0.1, -0.05) is 12.1 Å². The normalized spacial score (nSPS) is 11.6. The highest BCUT2D eigenvalue weighted by Gasteiger charge is 2.15. The number of halogens is 1. The number of carbonyl (C=O) groups excluding carboxylic acids is 1. The molecule has 0 radical (unpaired) electrons. The Hall–Kier alpha value is -2.08. The number of guanidine groups is 1. The van der Waals surface area contributed by atoms with Crippen LogP contribution in [0, 0.1) is 13.8 Å². The van der Waals surface area contributed by atoms with Crippen LogP contribution in [-0.4, -0.2) is 40.3 Å². The molecule has 0 spiro atoms. The van der Waals surface area contributed by atoms with E-state index in [9.17, 15) is 13.2 Å². The topological polar surface area (TPSA) is 110 Å². The molecule has 2 rings (SSSR count). The number of benzene rings is 1. The van der Waals surface area contributed by atoms with Crippen molar-refractivity contribution in [1.29, 1.82) is 0 Å². The summed E-state index contributed by atoms with van der Waals surface area (Å²) in [7, 11) is -1.92. The Bertz CT molecular complexity index is 1020. The van der Waals surface area contributed by atoms with Gasteiger partial charge in [0.05, 0.1) is 25.1 Å². The van der Waals surface area contributed by atoms with Gasteiger partial charge in [0.1, 0.15) is 17.1 Å². The third-order valence-electron chi connectivity index (χ3n) is 4.21. The van der Waals surface area contributed by atoms with E-state index in [0.29, 0.717) is 53.1 Å². The molecule has 0 saturated carbocycles. The monoisotopic (exact) mass is 549 g/mol. The summed E-state index contributed by atoms with van der Waals surface area (Å²) in [5.74, 6) is 1.22. The Balaban J connectivity index is 0.00000450. The fourth-order valence-electron chi connectivity index (χ4n) is 2.85. The SMILES string of the molecule is CCNC(=NCc1ccc(S(C)(=O)=O)c(C)c1)NCc1cc(C(=O)OC)c(C)o1.I. The molecule has 0 bridgehead atoms. The van der Waals surface area contributed by atoms with E-state index < -0.39 is 15.8 Å². The Morgan fingerprint density at radius 1 is 1.20 bits per heavy atom. The molecule has 2 aromatic rings. The largest absolute Gasteiger partial charge is 0.465 e. The van der Waals surface area contributed by atoms with Crippen molar-refractivity contribution in [2.75, 3.05) is 19.9 Å². The van der Waals surface area contributed by atoms with Crippen LogP contribution in [0.2, 0.25) is 0 Å². The summed E-state index contributed by atoms with van der Waals surface area (Å²) in [4.78, 5) is 16.5. The molecule has 1 aromatic carbocycles. The second-order valence-corrected chi connectivity index (χ2v) is 8.58. The fourth-order valence-corrected chi connectivity index (χ4v) is 3.81. The van der Waals surface area contributed by atoms with Crippen LogP contribution in [0.4, 0.5) is 0 Å². The summed E-state index contributed by atoms with van der Waals surface area (Å²) in [5, 5.41) is 6.29. The zero-order valence-corrected chi connectivity index (χ0v) is 20.9. The molecule has 1 heterocycles. The molecule has 0 atom stereocenters. The Kier molecular flexibility index (Phi) is 9.82.